The second-order valence-electron chi connectivity index (χ2n) is 2.48. The molecule has 1 heterocycles. The molecule has 2 nitrogen and oxygen atoms in total. The molecule has 0 amide bonds. The first-order valence-corrected chi connectivity index (χ1v) is 3.21. The molecule has 2 heteroatoms. The van der Waals surface area contributed by atoms with Crippen LogP contribution in [0, 0.1) is 6.92 Å². The number of hydrogen-bond donors (Lipinski definition) is 0. The Bertz CT molecular complexity index is 189. The maximum absolute atomic E-state index is 4.10. The van der Waals surface area contributed by atoms with Gasteiger partial charge in [0.25, 0.3) is 0 Å². The minimum Gasteiger partial charge on any atom is -0.333 e. The lowest BCUT2D eigenvalue weighted by Gasteiger charge is -2.07. The molecule has 0 saturated carbocycles. The first kappa shape index (κ1) is 6.33. The van der Waals surface area contributed by atoms with Crippen LogP contribution in [0.4, 0.5) is 0 Å². The van der Waals surface area contributed by atoms with Crippen molar-refractivity contribution in [3.05, 3.63) is 18.2 Å². The van der Waals surface area contributed by atoms with Crippen LogP contribution < -0.4 is 0 Å². The van der Waals surface area contributed by atoms with E-state index in [2.05, 4.69) is 23.4 Å². The van der Waals surface area contributed by atoms with Gasteiger partial charge in [0.1, 0.15) is 5.82 Å². The van der Waals surface area contributed by atoms with Gasteiger partial charge in [0.15, 0.2) is 0 Å². The lowest BCUT2D eigenvalue weighted by Crippen LogP contribution is -2.00. The second kappa shape index (κ2) is 2.21. The molecule has 0 bridgehead atoms. The van der Waals surface area contributed by atoms with Crippen molar-refractivity contribution in [1.29, 1.82) is 0 Å². The number of imidazole rings is 1. The SMILES string of the molecule is Cc1nccn1C(C)C. The molecule has 0 radical (unpaired) electrons. The van der Waals surface area contributed by atoms with E-state index < -0.39 is 0 Å². The highest BCUT2D eigenvalue weighted by Gasteiger charge is 1.98. The number of aryl methyl sites for hydroxylation is 1. The van der Waals surface area contributed by atoms with E-state index in [0.717, 1.165) is 5.82 Å². The number of nitrogens with zero attached hydrogens (tertiary/aromatic N) is 2. The van der Waals surface area contributed by atoms with E-state index in [1.54, 1.807) is 0 Å². The summed E-state index contributed by atoms with van der Waals surface area (Å²) >= 11 is 0. The van der Waals surface area contributed by atoms with Crippen LogP contribution in [0.25, 0.3) is 0 Å². The summed E-state index contributed by atoms with van der Waals surface area (Å²) < 4.78 is 2.14. The van der Waals surface area contributed by atoms with E-state index in [-0.39, 0.29) is 0 Å². The second-order valence-corrected chi connectivity index (χ2v) is 2.48. The third-order valence-corrected chi connectivity index (χ3v) is 1.42. The van der Waals surface area contributed by atoms with Crippen LogP contribution in [0.5, 0.6) is 0 Å². The zero-order valence-corrected chi connectivity index (χ0v) is 6.13. The van der Waals surface area contributed by atoms with Gasteiger partial charge in [-0.25, -0.2) is 4.98 Å². The minimum atomic E-state index is 0.535. The molecular formula is C7H12N2. The van der Waals surface area contributed by atoms with E-state index in [4.69, 9.17) is 0 Å². The summed E-state index contributed by atoms with van der Waals surface area (Å²) in [6.07, 6.45) is 3.83. The summed E-state index contributed by atoms with van der Waals surface area (Å²) in [6.45, 7) is 6.31. The molecule has 0 spiro atoms. The van der Waals surface area contributed by atoms with Gasteiger partial charge < -0.3 is 4.57 Å². The Morgan fingerprint density at radius 1 is 1.56 bits per heavy atom. The number of hydrogen-bond acceptors (Lipinski definition) is 1. The first-order valence-electron chi connectivity index (χ1n) is 3.21. The van der Waals surface area contributed by atoms with E-state index in [9.17, 15) is 0 Å². The Kier molecular flexibility index (Phi) is 1.56. The van der Waals surface area contributed by atoms with Crippen molar-refractivity contribution >= 4 is 0 Å². The predicted molar refractivity (Wildman–Crippen MR) is 37.3 cm³/mol. The highest BCUT2D eigenvalue weighted by atomic mass is 15.1. The number of aromatic nitrogens is 2. The molecule has 9 heavy (non-hydrogen) atoms. The highest BCUT2D eigenvalue weighted by Crippen LogP contribution is 2.05. The Hall–Kier alpha value is -0.790. The van der Waals surface area contributed by atoms with Gasteiger partial charge in [-0.15, -0.1) is 0 Å². The van der Waals surface area contributed by atoms with Crippen LogP contribution in [0.2, 0.25) is 0 Å². The molecular weight excluding hydrogens is 112 g/mol. The van der Waals surface area contributed by atoms with Crippen LogP contribution >= 0.6 is 0 Å². The van der Waals surface area contributed by atoms with Crippen LogP contribution in [0.15, 0.2) is 12.4 Å². The van der Waals surface area contributed by atoms with Crippen LogP contribution in [0.1, 0.15) is 25.7 Å². The average Bonchev–Trinajstić information content (AvgIpc) is 2.13. The van der Waals surface area contributed by atoms with E-state index in [1.807, 2.05) is 19.3 Å². The van der Waals surface area contributed by atoms with Crippen molar-refractivity contribution in [3.8, 4) is 0 Å². The van der Waals surface area contributed by atoms with E-state index in [0.29, 0.717) is 6.04 Å². The monoisotopic (exact) mass is 124 g/mol. The highest BCUT2D eigenvalue weighted by molar-refractivity contribution is 4.90. The fourth-order valence-corrected chi connectivity index (χ4v) is 0.933. The Balaban J connectivity index is 2.94. The normalized spacial score (nSPS) is 10.7. The molecule has 0 aliphatic heterocycles. The van der Waals surface area contributed by atoms with Crippen molar-refractivity contribution in [2.75, 3.05) is 0 Å². The predicted octanol–water partition coefficient (Wildman–Crippen LogP) is 1.77. The summed E-state index contributed by atoms with van der Waals surface area (Å²) in [5.41, 5.74) is 0. The Morgan fingerprint density at radius 2 is 2.22 bits per heavy atom. The molecule has 1 aromatic heterocycles. The van der Waals surface area contributed by atoms with Crippen LogP contribution in [-0.2, 0) is 0 Å². The molecule has 0 saturated heterocycles. The van der Waals surface area contributed by atoms with Gasteiger partial charge in [-0.2, -0.15) is 0 Å². The lowest BCUT2D eigenvalue weighted by molar-refractivity contribution is 0.582. The molecule has 1 aromatic rings. The topological polar surface area (TPSA) is 17.8 Å². The third-order valence-electron chi connectivity index (χ3n) is 1.42. The van der Waals surface area contributed by atoms with Crippen molar-refractivity contribution in [3.63, 3.8) is 0 Å². The molecule has 0 aliphatic carbocycles. The smallest absolute Gasteiger partial charge is 0.105 e. The fraction of sp³-hybridized carbons (Fsp3) is 0.571. The molecule has 0 unspecified atom stereocenters. The van der Waals surface area contributed by atoms with Crippen molar-refractivity contribution in [1.82, 2.24) is 9.55 Å². The van der Waals surface area contributed by atoms with Gasteiger partial charge in [-0.05, 0) is 20.8 Å². The molecule has 0 fully saturated rings. The van der Waals surface area contributed by atoms with Gasteiger partial charge in [-0.1, -0.05) is 0 Å². The van der Waals surface area contributed by atoms with Gasteiger partial charge in [0, 0.05) is 18.4 Å². The maximum atomic E-state index is 4.10. The van der Waals surface area contributed by atoms with Gasteiger partial charge >= 0.3 is 0 Å². The van der Waals surface area contributed by atoms with Gasteiger partial charge in [-0.3, -0.25) is 0 Å². The number of rotatable bonds is 1. The largest absolute Gasteiger partial charge is 0.333 e. The van der Waals surface area contributed by atoms with E-state index >= 15 is 0 Å². The van der Waals surface area contributed by atoms with Gasteiger partial charge in [0.2, 0.25) is 0 Å². The minimum absolute atomic E-state index is 0.535. The molecule has 0 aromatic carbocycles. The molecule has 0 N–H and O–H groups in total. The molecule has 50 valence electrons. The maximum Gasteiger partial charge on any atom is 0.105 e. The zero-order chi connectivity index (χ0) is 6.85. The summed E-state index contributed by atoms with van der Waals surface area (Å²) in [5, 5.41) is 0. The standard InChI is InChI=1S/C7H12N2/c1-6(2)9-5-4-8-7(9)3/h4-6H,1-3H3. The van der Waals surface area contributed by atoms with Crippen molar-refractivity contribution < 1.29 is 0 Å². The fourth-order valence-electron chi connectivity index (χ4n) is 0.933. The molecule has 1 rings (SSSR count). The third kappa shape index (κ3) is 1.12. The average molecular weight is 124 g/mol. The summed E-state index contributed by atoms with van der Waals surface area (Å²) in [4.78, 5) is 4.10. The quantitative estimate of drug-likeness (QED) is 0.558. The van der Waals surface area contributed by atoms with Crippen molar-refractivity contribution in [2.45, 2.75) is 26.8 Å². The Morgan fingerprint density at radius 3 is 2.44 bits per heavy atom. The summed E-state index contributed by atoms with van der Waals surface area (Å²) in [5.74, 6) is 1.09. The van der Waals surface area contributed by atoms with E-state index in [1.165, 1.54) is 0 Å². The zero-order valence-electron chi connectivity index (χ0n) is 6.13. The summed E-state index contributed by atoms with van der Waals surface area (Å²) in [6, 6.07) is 0.535. The molecule has 0 aliphatic rings. The first-order chi connectivity index (χ1) is 4.22. The molecule has 0 atom stereocenters. The lowest BCUT2D eigenvalue weighted by atomic mass is 10.4. The van der Waals surface area contributed by atoms with Crippen LogP contribution in [0.3, 0.4) is 0 Å². The van der Waals surface area contributed by atoms with Gasteiger partial charge in [0.05, 0.1) is 0 Å². The summed E-state index contributed by atoms with van der Waals surface area (Å²) in [7, 11) is 0. The Labute approximate surface area is 55.5 Å². The van der Waals surface area contributed by atoms with Crippen molar-refractivity contribution in [2.24, 2.45) is 0 Å². The van der Waals surface area contributed by atoms with Crippen LogP contribution in [-0.4, -0.2) is 9.55 Å².